The van der Waals surface area contributed by atoms with Gasteiger partial charge in [0.05, 0.1) is 15.6 Å². The molecular formula is C16H15Cl2F3N2O. The lowest BCUT2D eigenvalue weighted by molar-refractivity contribution is -0.142. The molecule has 130 valence electrons. The van der Waals surface area contributed by atoms with E-state index in [1.54, 1.807) is 0 Å². The predicted molar refractivity (Wildman–Crippen MR) is 87.7 cm³/mol. The molecule has 0 aliphatic carbocycles. The highest BCUT2D eigenvalue weighted by Gasteiger charge is 2.37. The summed E-state index contributed by atoms with van der Waals surface area (Å²) >= 11 is 11.7. The maximum absolute atomic E-state index is 13.3. The first kappa shape index (κ1) is 18.8. The number of unbranched alkanes of at least 4 members (excludes halogenated alkanes) is 1. The summed E-state index contributed by atoms with van der Waals surface area (Å²) in [7, 11) is 0. The predicted octanol–water partition coefficient (Wildman–Crippen LogP) is 5.03. The molecule has 0 amide bonds. The van der Waals surface area contributed by atoms with Gasteiger partial charge in [0.2, 0.25) is 0 Å². The molecule has 0 fully saturated rings. The minimum Gasteiger partial charge on any atom is -0.310 e. The van der Waals surface area contributed by atoms with Gasteiger partial charge in [-0.3, -0.25) is 4.79 Å². The molecular weight excluding hydrogens is 364 g/mol. The van der Waals surface area contributed by atoms with Crippen LogP contribution in [0.15, 0.2) is 23.0 Å². The number of nitrogens with one attached hydrogen (secondary N) is 1. The van der Waals surface area contributed by atoms with Crippen LogP contribution in [0, 0.1) is 0 Å². The highest BCUT2D eigenvalue weighted by atomic mass is 35.5. The molecule has 1 aromatic heterocycles. The van der Waals surface area contributed by atoms with Crippen molar-refractivity contribution >= 4 is 23.2 Å². The van der Waals surface area contributed by atoms with Crippen molar-refractivity contribution < 1.29 is 13.2 Å². The second-order valence-electron chi connectivity index (χ2n) is 5.37. The van der Waals surface area contributed by atoms with Crippen molar-refractivity contribution in [3.05, 3.63) is 61.2 Å². The molecule has 1 heterocycles. The van der Waals surface area contributed by atoms with Crippen molar-refractivity contribution in [1.82, 2.24) is 9.97 Å². The third-order valence-electron chi connectivity index (χ3n) is 3.47. The van der Waals surface area contributed by atoms with E-state index >= 15 is 0 Å². The SMILES string of the molecule is CCCCc1nc(C(F)(F)F)c(Cc2ccc(Cl)c(Cl)c2)c(=O)[nH]1. The van der Waals surface area contributed by atoms with Gasteiger partial charge >= 0.3 is 6.18 Å². The van der Waals surface area contributed by atoms with Gasteiger partial charge in [-0.1, -0.05) is 42.6 Å². The Hall–Kier alpha value is -1.53. The van der Waals surface area contributed by atoms with Gasteiger partial charge in [0.1, 0.15) is 5.82 Å². The van der Waals surface area contributed by atoms with Crippen molar-refractivity contribution in [2.45, 2.75) is 38.8 Å². The number of hydrogen-bond donors (Lipinski definition) is 1. The minimum absolute atomic E-state index is 0.0482. The number of aryl methyl sites for hydroxylation is 1. The average molecular weight is 379 g/mol. The molecule has 2 aromatic rings. The lowest BCUT2D eigenvalue weighted by atomic mass is 10.0. The molecule has 8 heteroatoms. The van der Waals surface area contributed by atoms with Gasteiger partial charge in [-0.2, -0.15) is 13.2 Å². The van der Waals surface area contributed by atoms with Crippen LogP contribution >= 0.6 is 23.2 Å². The number of aromatic amines is 1. The Bertz CT molecular complexity index is 788. The van der Waals surface area contributed by atoms with Crippen LogP contribution in [0.3, 0.4) is 0 Å². The average Bonchev–Trinajstić information content (AvgIpc) is 2.49. The Morgan fingerprint density at radius 2 is 1.92 bits per heavy atom. The summed E-state index contributed by atoms with van der Waals surface area (Å²) in [5.41, 5.74) is -1.91. The van der Waals surface area contributed by atoms with Crippen molar-refractivity contribution in [2.75, 3.05) is 0 Å². The second kappa shape index (κ2) is 7.57. The number of alkyl halides is 3. The molecule has 1 aromatic carbocycles. The van der Waals surface area contributed by atoms with E-state index in [9.17, 15) is 18.0 Å². The third kappa shape index (κ3) is 4.51. The fraction of sp³-hybridized carbons (Fsp3) is 0.375. The Labute approximate surface area is 146 Å². The zero-order valence-corrected chi connectivity index (χ0v) is 14.3. The summed E-state index contributed by atoms with van der Waals surface area (Å²) in [6.07, 6.45) is -3.22. The Kier molecular flexibility index (Phi) is 5.93. The molecule has 0 saturated carbocycles. The highest BCUT2D eigenvalue weighted by molar-refractivity contribution is 6.42. The third-order valence-corrected chi connectivity index (χ3v) is 4.20. The van der Waals surface area contributed by atoms with Gasteiger partial charge in [0.15, 0.2) is 5.69 Å². The van der Waals surface area contributed by atoms with Gasteiger partial charge in [-0.15, -0.1) is 0 Å². The molecule has 2 rings (SSSR count). The molecule has 0 aliphatic rings. The minimum atomic E-state index is -4.71. The molecule has 1 N–H and O–H groups in total. The van der Waals surface area contributed by atoms with Crippen LogP contribution in [0.4, 0.5) is 13.2 Å². The van der Waals surface area contributed by atoms with Gasteiger partial charge < -0.3 is 4.98 Å². The highest BCUT2D eigenvalue weighted by Crippen LogP contribution is 2.31. The van der Waals surface area contributed by atoms with Crippen LogP contribution < -0.4 is 5.56 Å². The fourth-order valence-electron chi connectivity index (χ4n) is 2.26. The van der Waals surface area contributed by atoms with E-state index in [1.165, 1.54) is 18.2 Å². The number of hydrogen-bond acceptors (Lipinski definition) is 2. The zero-order valence-electron chi connectivity index (χ0n) is 12.8. The molecule has 0 spiro atoms. The Balaban J connectivity index is 2.47. The number of H-pyrrole nitrogens is 1. The summed E-state index contributed by atoms with van der Waals surface area (Å²) in [6.45, 7) is 1.90. The smallest absolute Gasteiger partial charge is 0.310 e. The van der Waals surface area contributed by atoms with Gasteiger partial charge in [0.25, 0.3) is 5.56 Å². The maximum atomic E-state index is 13.3. The molecule has 24 heavy (non-hydrogen) atoms. The molecule has 0 aliphatic heterocycles. The van der Waals surface area contributed by atoms with Crippen LogP contribution in [0.2, 0.25) is 10.0 Å². The molecule has 0 bridgehead atoms. The van der Waals surface area contributed by atoms with Crippen LogP contribution in [0.25, 0.3) is 0 Å². The normalized spacial score (nSPS) is 11.8. The fourth-order valence-corrected chi connectivity index (χ4v) is 2.58. The van der Waals surface area contributed by atoms with Crippen molar-refractivity contribution in [3.8, 4) is 0 Å². The van der Waals surface area contributed by atoms with Gasteiger partial charge in [-0.05, 0) is 24.1 Å². The lowest BCUT2D eigenvalue weighted by Gasteiger charge is -2.13. The van der Waals surface area contributed by atoms with E-state index in [0.717, 1.165) is 6.42 Å². The summed E-state index contributed by atoms with van der Waals surface area (Å²) < 4.78 is 39.9. The maximum Gasteiger partial charge on any atom is 0.433 e. The zero-order chi connectivity index (χ0) is 17.9. The largest absolute Gasteiger partial charge is 0.433 e. The quantitative estimate of drug-likeness (QED) is 0.792. The van der Waals surface area contributed by atoms with Crippen LogP contribution in [0.1, 0.15) is 42.4 Å². The van der Waals surface area contributed by atoms with E-state index in [-0.39, 0.29) is 17.3 Å². The summed E-state index contributed by atoms with van der Waals surface area (Å²) in [5, 5.41) is 0.505. The molecule has 0 saturated heterocycles. The monoisotopic (exact) mass is 378 g/mol. The topological polar surface area (TPSA) is 45.8 Å². The van der Waals surface area contributed by atoms with E-state index in [1.807, 2.05) is 6.92 Å². The van der Waals surface area contributed by atoms with E-state index in [0.29, 0.717) is 23.4 Å². The standard InChI is InChI=1S/C16H15Cl2F3N2O/c1-2-3-4-13-22-14(16(19,20)21)10(15(24)23-13)7-9-5-6-11(17)12(18)8-9/h5-6,8H,2-4,7H2,1H3,(H,22,23,24). The first-order valence-corrected chi connectivity index (χ1v) is 8.11. The van der Waals surface area contributed by atoms with Crippen molar-refractivity contribution in [1.29, 1.82) is 0 Å². The van der Waals surface area contributed by atoms with E-state index in [2.05, 4.69) is 9.97 Å². The second-order valence-corrected chi connectivity index (χ2v) is 6.18. The number of nitrogens with zero attached hydrogens (tertiary/aromatic N) is 1. The molecule has 0 atom stereocenters. The van der Waals surface area contributed by atoms with Gasteiger partial charge in [0, 0.05) is 12.8 Å². The van der Waals surface area contributed by atoms with Crippen LogP contribution in [-0.2, 0) is 19.0 Å². The molecule has 0 radical (unpaired) electrons. The lowest BCUT2D eigenvalue weighted by Crippen LogP contribution is -2.25. The van der Waals surface area contributed by atoms with Crippen molar-refractivity contribution in [2.24, 2.45) is 0 Å². The number of benzene rings is 1. The van der Waals surface area contributed by atoms with Gasteiger partial charge in [-0.25, -0.2) is 4.98 Å². The summed E-state index contributed by atoms with van der Waals surface area (Å²) in [6, 6.07) is 4.44. The van der Waals surface area contributed by atoms with Crippen LogP contribution in [-0.4, -0.2) is 9.97 Å². The van der Waals surface area contributed by atoms with E-state index < -0.39 is 23.0 Å². The molecule has 0 unspecified atom stereocenters. The Morgan fingerprint density at radius 1 is 1.21 bits per heavy atom. The number of aromatic nitrogens is 2. The first-order valence-electron chi connectivity index (χ1n) is 7.35. The Morgan fingerprint density at radius 3 is 2.50 bits per heavy atom. The molecule has 3 nitrogen and oxygen atoms in total. The number of rotatable bonds is 5. The van der Waals surface area contributed by atoms with E-state index in [4.69, 9.17) is 23.2 Å². The van der Waals surface area contributed by atoms with Crippen LogP contribution in [0.5, 0.6) is 0 Å². The number of halogens is 5. The summed E-state index contributed by atoms with van der Waals surface area (Å²) in [4.78, 5) is 18.3. The first-order chi connectivity index (χ1) is 11.2. The summed E-state index contributed by atoms with van der Waals surface area (Å²) in [5.74, 6) is 0.0482. The van der Waals surface area contributed by atoms with Crippen molar-refractivity contribution in [3.63, 3.8) is 0 Å².